The first kappa shape index (κ1) is 17.9. The molecule has 21 heavy (non-hydrogen) atoms. The van der Waals surface area contributed by atoms with Crippen molar-refractivity contribution >= 4 is 35.5 Å². The highest BCUT2D eigenvalue weighted by Gasteiger charge is 2.17. The molecule has 0 aliphatic carbocycles. The van der Waals surface area contributed by atoms with Crippen LogP contribution in [0, 0.1) is 5.82 Å². The zero-order chi connectivity index (χ0) is 16.3. The summed E-state index contributed by atoms with van der Waals surface area (Å²) in [6, 6.07) is 2.59. The molecule has 1 aromatic carbocycles. The van der Waals surface area contributed by atoms with Gasteiger partial charge in [-0.15, -0.1) is 0 Å². The summed E-state index contributed by atoms with van der Waals surface area (Å²) in [5.41, 5.74) is -0.476. The number of carbonyl (C=O) groups is 1. The maximum atomic E-state index is 13.5. The standard InChI is InChI=1S/C11H13ClFNO5S2/c1-20(16,17)6-2-5-14-11(15)9-7-8(21(12,18)19)3-4-10(9)13/h3-4,7H,2,5-6H2,1H3,(H,14,15). The highest BCUT2D eigenvalue weighted by atomic mass is 35.7. The van der Waals surface area contributed by atoms with Gasteiger partial charge in [0.05, 0.1) is 16.2 Å². The van der Waals surface area contributed by atoms with Gasteiger partial charge in [-0.2, -0.15) is 0 Å². The number of hydrogen-bond acceptors (Lipinski definition) is 5. The van der Waals surface area contributed by atoms with Crippen molar-refractivity contribution in [3.63, 3.8) is 0 Å². The van der Waals surface area contributed by atoms with Gasteiger partial charge in [-0.25, -0.2) is 21.2 Å². The van der Waals surface area contributed by atoms with Gasteiger partial charge in [0.15, 0.2) is 0 Å². The van der Waals surface area contributed by atoms with Crippen molar-refractivity contribution in [3.05, 3.63) is 29.6 Å². The molecular weight excluding hydrogens is 345 g/mol. The molecule has 0 bridgehead atoms. The first-order valence-electron chi connectivity index (χ1n) is 5.71. The third kappa shape index (κ3) is 5.98. The second kappa shape index (κ2) is 6.71. The summed E-state index contributed by atoms with van der Waals surface area (Å²) in [7, 11) is -2.10. The lowest BCUT2D eigenvalue weighted by atomic mass is 10.2. The SMILES string of the molecule is CS(=O)(=O)CCCNC(=O)c1cc(S(=O)(=O)Cl)ccc1F. The van der Waals surface area contributed by atoms with Gasteiger partial charge in [-0.1, -0.05) is 0 Å². The van der Waals surface area contributed by atoms with E-state index in [4.69, 9.17) is 10.7 Å². The number of rotatable bonds is 6. The van der Waals surface area contributed by atoms with Crippen LogP contribution in [0.4, 0.5) is 4.39 Å². The fraction of sp³-hybridized carbons (Fsp3) is 0.364. The molecule has 1 rings (SSSR count). The van der Waals surface area contributed by atoms with E-state index in [9.17, 15) is 26.0 Å². The van der Waals surface area contributed by atoms with E-state index in [1.807, 2.05) is 0 Å². The molecule has 0 saturated heterocycles. The summed E-state index contributed by atoms with van der Waals surface area (Å²) in [6.07, 6.45) is 1.23. The van der Waals surface area contributed by atoms with Crippen LogP contribution in [0.25, 0.3) is 0 Å². The van der Waals surface area contributed by atoms with Crippen LogP contribution >= 0.6 is 10.7 Å². The smallest absolute Gasteiger partial charge is 0.261 e. The fourth-order valence-corrected chi connectivity index (χ4v) is 2.91. The Bertz CT molecular complexity index is 746. The number of sulfone groups is 1. The van der Waals surface area contributed by atoms with Crippen molar-refractivity contribution in [2.24, 2.45) is 0 Å². The molecule has 0 aliphatic heterocycles. The van der Waals surface area contributed by atoms with Gasteiger partial charge in [0.25, 0.3) is 15.0 Å². The first-order chi connectivity index (χ1) is 9.50. The minimum absolute atomic E-state index is 0.0171. The van der Waals surface area contributed by atoms with Gasteiger partial charge < -0.3 is 5.32 Å². The molecule has 118 valence electrons. The van der Waals surface area contributed by atoms with Crippen molar-refractivity contribution in [1.82, 2.24) is 5.32 Å². The minimum atomic E-state index is -4.07. The average Bonchev–Trinajstić information content (AvgIpc) is 2.32. The summed E-state index contributed by atoms with van der Waals surface area (Å²) in [4.78, 5) is 11.3. The van der Waals surface area contributed by atoms with E-state index in [0.717, 1.165) is 24.5 Å². The lowest BCUT2D eigenvalue weighted by molar-refractivity contribution is 0.0949. The molecular formula is C11H13ClFNO5S2. The third-order valence-electron chi connectivity index (χ3n) is 2.44. The number of benzene rings is 1. The van der Waals surface area contributed by atoms with Crippen LogP contribution in [0.1, 0.15) is 16.8 Å². The van der Waals surface area contributed by atoms with Gasteiger partial charge in [0.2, 0.25) is 0 Å². The van der Waals surface area contributed by atoms with Crippen LogP contribution in [0.2, 0.25) is 0 Å². The lowest BCUT2D eigenvalue weighted by Gasteiger charge is -2.07. The molecule has 0 aromatic heterocycles. The predicted octanol–water partition coefficient (Wildman–Crippen LogP) is 0.918. The van der Waals surface area contributed by atoms with E-state index < -0.39 is 41.1 Å². The normalized spacial score (nSPS) is 12.1. The van der Waals surface area contributed by atoms with Crippen LogP contribution in [0.3, 0.4) is 0 Å². The van der Waals surface area contributed by atoms with Crippen molar-refractivity contribution in [1.29, 1.82) is 0 Å². The molecule has 0 fully saturated rings. The second-order valence-corrected chi connectivity index (χ2v) is 9.14. The maximum absolute atomic E-state index is 13.5. The van der Waals surface area contributed by atoms with E-state index in [1.54, 1.807) is 0 Å². The molecule has 0 aliphatic rings. The lowest BCUT2D eigenvalue weighted by Crippen LogP contribution is -2.26. The Morgan fingerprint density at radius 2 is 1.90 bits per heavy atom. The van der Waals surface area contributed by atoms with Gasteiger partial charge >= 0.3 is 0 Å². The molecule has 0 radical (unpaired) electrons. The van der Waals surface area contributed by atoms with Crippen LogP contribution in [-0.4, -0.2) is 41.3 Å². The van der Waals surface area contributed by atoms with Crippen LogP contribution < -0.4 is 5.32 Å². The molecule has 6 nitrogen and oxygen atoms in total. The third-order valence-corrected chi connectivity index (χ3v) is 4.82. The molecule has 0 heterocycles. The number of amides is 1. The molecule has 1 amide bonds. The second-order valence-electron chi connectivity index (χ2n) is 4.32. The van der Waals surface area contributed by atoms with Crippen LogP contribution in [0.15, 0.2) is 23.1 Å². The van der Waals surface area contributed by atoms with Gasteiger partial charge in [0, 0.05) is 23.5 Å². The number of halogens is 2. The summed E-state index contributed by atoms with van der Waals surface area (Å²) < 4.78 is 57.6. The van der Waals surface area contributed by atoms with Gasteiger partial charge in [-0.3, -0.25) is 4.79 Å². The van der Waals surface area contributed by atoms with Crippen molar-refractivity contribution in [2.45, 2.75) is 11.3 Å². The Morgan fingerprint density at radius 3 is 2.43 bits per heavy atom. The number of carbonyl (C=O) groups excluding carboxylic acids is 1. The average molecular weight is 358 g/mol. The van der Waals surface area contributed by atoms with E-state index in [0.29, 0.717) is 0 Å². The van der Waals surface area contributed by atoms with Crippen LogP contribution in [0.5, 0.6) is 0 Å². The molecule has 0 atom stereocenters. The Morgan fingerprint density at radius 1 is 1.29 bits per heavy atom. The minimum Gasteiger partial charge on any atom is -0.352 e. The predicted molar refractivity (Wildman–Crippen MR) is 76.1 cm³/mol. The highest BCUT2D eigenvalue weighted by Crippen LogP contribution is 2.18. The Hall–Kier alpha value is -1.19. The van der Waals surface area contributed by atoms with Crippen LogP contribution in [-0.2, 0) is 18.9 Å². The van der Waals surface area contributed by atoms with E-state index in [1.165, 1.54) is 0 Å². The zero-order valence-corrected chi connectivity index (χ0v) is 13.4. The molecule has 1 aromatic rings. The van der Waals surface area contributed by atoms with E-state index in [2.05, 4.69) is 5.32 Å². The summed E-state index contributed by atoms with van der Waals surface area (Å²) in [5, 5.41) is 2.31. The van der Waals surface area contributed by atoms with Crippen molar-refractivity contribution in [3.8, 4) is 0 Å². The summed E-state index contributed by atoms with van der Waals surface area (Å²) in [6.45, 7) is 0.0171. The zero-order valence-electron chi connectivity index (χ0n) is 11.0. The fourth-order valence-electron chi connectivity index (χ4n) is 1.46. The molecule has 0 saturated carbocycles. The van der Waals surface area contributed by atoms with Gasteiger partial charge in [0.1, 0.15) is 15.7 Å². The van der Waals surface area contributed by atoms with E-state index in [-0.39, 0.29) is 18.7 Å². The molecule has 0 unspecified atom stereocenters. The molecule has 0 spiro atoms. The largest absolute Gasteiger partial charge is 0.352 e. The highest BCUT2D eigenvalue weighted by molar-refractivity contribution is 8.13. The molecule has 10 heteroatoms. The summed E-state index contributed by atoms with van der Waals surface area (Å²) >= 11 is 0. The quantitative estimate of drug-likeness (QED) is 0.603. The Balaban J connectivity index is 2.79. The number of nitrogens with one attached hydrogen (secondary N) is 1. The summed E-state index contributed by atoms with van der Waals surface area (Å²) in [5.74, 6) is -1.87. The van der Waals surface area contributed by atoms with Crippen molar-refractivity contribution < 1.29 is 26.0 Å². The van der Waals surface area contributed by atoms with Gasteiger partial charge in [-0.05, 0) is 24.6 Å². The topological polar surface area (TPSA) is 97.4 Å². The van der Waals surface area contributed by atoms with Crippen molar-refractivity contribution in [2.75, 3.05) is 18.6 Å². The van der Waals surface area contributed by atoms with E-state index >= 15 is 0 Å². The Labute approximate surface area is 126 Å². The Kier molecular flexibility index (Phi) is 5.71. The first-order valence-corrected chi connectivity index (χ1v) is 10.1. The number of hydrogen-bond donors (Lipinski definition) is 1. The maximum Gasteiger partial charge on any atom is 0.261 e. The monoisotopic (exact) mass is 357 g/mol. The molecule has 1 N–H and O–H groups in total.